The first-order valence-electron chi connectivity index (χ1n) is 15.2. The summed E-state index contributed by atoms with van der Waals surface area (Å²) in [6, 6.07) is 15.7. The molecule has 0 aromatic heterocycles. The van der Waals surface area contributed by atoms with Gasteiger partial charge in [-0.15, -0.1) is 0 Å². The second kappa shape index (κ2) is 13.2. The summed E-state index contributed by atoms with van der Waals surface area (Å²) in [6.07, 6.45) is 11.1. The molecule has 1 heterocycles. The highest BCUT2D eigenvalue weighted by molar-refractivity contribution is 5.56. The van der Waals surface area contributed by atoms with Crippen LogP contribution in [-0.4, -0.2) is 43.3 Å². The largest absolute Gasteiger partial charge is 0.490 e. The first-order chi connectivity index (χ1) is 18.7. The van der Waals surface area contributed by atoms with Gasteiger partial charge < -0.3 is 19.1 Å². The van der Waals surface area contributed by atoms with Gasteiger partial charge in [0, 0.05) is 24.8 Å². The molecule has 206 valence electrons. The van der Waals surface area contributed by atoms with Crippen molar-refractivity contribution in [3.63, 3.8) is 0 Å². The number of unbranched alkanes of at least 4 members (excludes halogenated alkanes) is 1. The van der Waals surface area contributed by atoms with E-state index in [4.69, 9.17) is 14.2 Å². The lowest BCUT2D eigenvalue weighted by Crippen LogP contribution is -2.39. The molecule has 0 spiro atoms. The molecule has 2 bridgehead atoms. The monoisotopic (exact) mass is 517 g/mol. The van der Waals surface area contributed by atoms with Gasteiger partial charge in [-0.05, 0) is 93.0 Å². The molecule has 3 aliphatic rings. The Morgan fingerprint density at radius 2 is 1.84 bits per heavy atom. The van der Waals surface area contributed by atoms with Gasteiger partial charge in [0.2, 0.25) is 0 Å². The predicted molar refractivity (Wildman–Crippen MR) is 155 cm³/mol. The highest BCUT2D eigenvalue weighted by Gasteiger charge is 2.42. The lowest BCUT2D eigenvalue weighted by molar-refractivity contribution is 0.00524. The van der Waals surface area contributed by atoms with Crippen molar-refractivity contribution in [2.75, 3.05) is 26.3 Å². The van der Waals surface area contributed by atoms with E-state index in [-0.39, 0.29) is 12.2 Å². The second-order valence-electron chi connectivity index (χ2n) is 11.5. The van der Waals surface area contributed by atoms with Crippen LogP contribution in [0.15, 0.2) is 54.6 Å². The molecule has 3 atom stereocenters. The fourth-order valence-electron chi connectivity index (χ4n) is 6.15. The standard InChI is InChI=1S/C34H47NO3/c1-4-6-21-36-30-20-19-28-23-29(35(5-2)24-27-17-18-27)16-10-12-25(3)32-34(31(28)33(30)38-32)37-22-11-15-26-13-8-7-9-14-26/h7-9,13-14,19-20,27,29,32,34H,3-6,10-12,15-18,21-24H2,1-2H3/t29-,32-,34?/m0/s1. The van der Waals surface area contributed by atoms with Crippen LogP contribution in [0.5, 0.6) is 11.5 Å². The highest BCUT2D eigenvalue weighted by Crippen LogP contribution is 2.50. The topological polar surface area (TPSA) is 30.9 Å². The molecule has 0 amide bonds. The summed E-state index contributed by atoms with van der Waals surface area (Å²) < 4.78 is 19.7. The smallest absolute Gasteiger partial charge is 0.168 e. The third-order valence-corrected chi connectivity index (χ3v) is 8.57. The summed E-state index contributed by atoms with van der Waals surface area (Å²) in [5.74, 6) is 2.67. The maximum atomic E-state index is 6.72. The number of hydrogen-bond acceptors (Lipinski definition) is 4. The van der Waals surface area contributed by atoms with Gasteiger partial charge in [-0.3, -0.25) is 0 Å². The van der Waals surface area contributed by atoms with E-state index in [1.165, 1.54) is 42.5 Å². The maximum Gasteiger partial charge on any atom is 0.168 e. The van der Waals surface area contributed by atoms with E-state index in [1.807, 2.05) is 0 Å². The number of fused-ring (bicyclic) bond motifs is 1. The summed E-state index contributed by atoms with van der Waals surface area (Å²) in [6.45, 7) is 12.8. The Kier molecular flexibility index (Phi) is 9.45. The third-order valence-electron chi connectivity index (χ3n) is 8.57. The molecule has 0 N–H and O–H groups in total. The molecule has 1 unspecified atom stereocenters. The molecule has 1 saturated carbocycles. The van der Waals surface area contributed by atoms with Gasteiger partial charge in [0.1, 0.15) is 6.10 Å². The number of ether oxygens (including phenoxy) is 3. The summed E-state index contributed by atoms with van der Waals surface area (Å²) in [5.41, 5.74) is 5.11. The molecule has 4 nitrogen and oxygen atoms in total. The zero-order valence-electron chi connectivity index (χ0n) is 23.6. The lowest BCUT2D eigenvalue weighted by Gasteiger charge is -2.33. The van der Waals surface area contributed by atoms with Gasteiger partial charge in [-0.1, -0.05) is 63.2 Å². The minimum absolute atomic E-state index is 0.116. The summed E-state index contributed by atoms with van der Waals surface area (Å²) in [7, 11) is 0. The van der Waals surface area contributed by atoms with Crippen LogP contribution >= 0.6 is 0 Å². The summed E-state index contributed by atoms with van der Waals surface area (Å²) >= 11 is 0. The molecule has 38 heavy (non-hydrogen) atoms. The number of rotatable bonds is 13. The molecule has 1 aliphatic heterocycles. The molecule has 2 aromatic rings. The molecule has 4 heteroatoms. The van der Waals surface area contributed by atoms with Crippen molar-refractivity contribution in [3.8, 4) is 11.5 Å². The fraction of sp³-hybridized carbons (Fsp3) is 0.588. The Labute approximate surface area is 230 Å². The number of likely N-dealkylation sites (N-methyl/N-ethyl adjacent to an activating group) is 1. The van der Waals surface area contributed by atoms with Gasteiger partial charge in [-0.25, -0.2) is 0 Å². The average molecular weight is 518 g/mol. The number of benzene rings is 2. The van der Waals surface area contributed by atoms with E-state index < -0.39 is 0 Å². The molecule has 1 fully saturated rings. The number of hydrogen-bond donors (Lipinski definition) is 0. The zero-order chi connectivity index (χ0) is 26.3. The van der Waals surface area contributed by atoms with Crippen LogP contribution < -0.4 is 9.47 Å². The van der Waals surface area contributed by atoms with Crippen molar-refractivity contribution in [2.24, 2.45) is 5.92 Å². The van der Waals surface area contributed by atoms with Crippen LogP contribution in [0.2, 0.25) is 0 Å². The molecule has 0 saturated heterocycles. The molecular weight excluding hydrogens is 470 g/mol. The minimum atomic E-state index is -0.137. The minimum Gasteiger partial charge on any atom is -0.490 e. The highest BCUT2D eigenvalue weighted by atomic mass is 16.6. The first-order valence-corrected chi connectivity index (χ1v) is 15.2. The quantitative estimate of drug-likeness (QED) is 0.201. The van der Waals surface area contributed by atoms with E-state index in [0.717, 1.165) is 74.5 Å². The molecule has 5 rings (SSSR count). The van der Waals surface area contributed by atoms with Crippen LogP contribution in [0.1, 0.15) is 88.0 Å². The molecular formula is C34H47NO3. The van der Waals surface area contributed by atoms with Crippen molar-refractivity contribution < 1.29 is 14.2 Å². The Morgan fingerprint density at radius 1 is 1.00 bits per heavy atom. The van der Waals surface area contributed by atoms with E-state index in [2.05, 4.69) is 67.8 Å². The van der Waals surface area contributed by atoms with Gasteiger partial charge in [0.25, 0.3) is 0 Å². The van der Waals surface area contributed by atoms with Crippen LogP contribution in [0.25, 0.3) is 0 Å². The van der Waals surface area contributed by atoms with Crippen LogP contribution in [0.3, 0.4) is 0 Å². The van der Waals surface area contributed by atoms with Gasteiger partial charge in [0.05, 0.1) is 6.61 Å². The number of aryl methyl sites for hydroxylation is 1. The fourth-order valence-corrected chi connectivity index (χ4v) is 6.15. The van der Waals surface area contributed by atoms with Crippen molar-refractivity contribution in [2.45, 2.75) is 96.3 Å². The van der Waals surface area contributed by atoms with Crippen molar-refractivity contribution in [1.29, 1.82) is 0 Å². The Bertz CT molecular complexity index is 1050. The van der Waals surface area contributed by atoms with Gasteiger partial charge >= 0.3 is 0 Å². The van der Waals surface area contributed by atoms with Crippen LogP contribution in [0, 0.1) is 5.92 Å². The van der Waals surface area contributed by atoms with Gasteiger partial charge in [-0.2, -0.15) is 0 Å². The van der Waals surface area contributed by atoms with E-state index in [1.54, 1.807) is 0 Å². The summed E-state index contributed by atoms with van der Waals surface area (Å²) in [5, 5.41) is 0. The summed E-state index contributed by atoms with van der Waals surface area (Å²) in [4.78, 5) is 2.74. The van der Waals surface area contributed by atoms with Crippen LogP contribution in [-0.2, 0) is 17.6 Å². The molecule has 0 radical (unpaired) electrons. The van der Waals surface area contributed by atoms with Crippen LogP contribution in [0.4, 0.5) is 0 Å². The number of nitrogens with zero attached hydrogens (tertiary/aromatic N) is 1. The van der Waals surface area contributed by atoms with Gasteiger partial charge in [0.15, 0.2) is 17.6 Å². The predicted octanol–water partition coefficient (Wildman–Crippen LogP) is 7.70. The average Bonchev–Trinajstić information content (AvgIpc) is 3.68. The maximum absolute atomic E-state index is 6.72. The van der Waals surface area contributed by atoms with Crippen molar-refractivity contribution in [1.82, 2.24) is 4.90 Å². The third kappa shape index (κ3) is 6.63. The first kappa shape index (κ1) is 27.3. The van der Waals surface area contributed by atoms with Crippen molar-refractivity contribution in [3.05, 3.63) is 71.3 Å². The van der Waals surface area contributed by atoms with E-state index in [0.29, 0.717) is 19.3 Å². The second-order valence-corrected chi connectivity index (χ2v) is 11.5. The lowest BCUT2D eigenvalue weighted by atomic mass is 9.87. The molecule has 2 aliphatic carbocycles. The Morgan fingerprint density at radius 3 is 2.61 bits per heavy atom. The SMILES string of the molecule is C=C1CCC[C@H](N(CC)CC2CC2)Cc2ccc(OCCCC)c3c2C(OCCCc2ccccc2)[C@H]1O3. The van der Waals surface area contributed by atoms with Crippen molar-refractivity contribution >= 4 is 0 Å². The Hall–Kier alpha value is -2.30. The Balaban J connectivity index is 1.41. The van der Waals surface area contributed by atoms with E-state index in [9.17, 15) is 0 Å². The van der Waals surface area contributed by atoms with E-state index >= 15 is 0 Å². The zero-order valence-corrected chi connectivity index (χ0v) is 23.6. The normalized spacial score (nSPS) is 22.9. The molecule has 2 aromatic carbocycles.